The molecule has 0 aliphatic carbocycles. The van der Waals surface area contributed by atoms with E-state index in [1.807, 2.05) is 23.1 Å². The molecule has 3 aliphatic heterocycles. The van der Waals surface area contributed by atoms with Gasteiger partial charge in [-0.25, -0.2) is 0 Å². The number of carbonyl (C=O) groups is 3. The number of nitrogens with zero attached hydrogens (tertiary/aromatic N) is 3. The molecule has 0 saturated carbocycles. The van der Waals surface area contributed by atoms with E-state index in [9.17, 15) is 14.4 Å². The van der Waals surface area contributed by atoms with Crippen LogP contribution in [0.15, 0.2) is 18.2 Å². The quantitative estimate of drug-likeness (QED) is 0.605. The third kappa shape index (κ3) is 5.65. The first-order valence-electron chi connectivity index (χ1n) is 12.0. The number of piperidine rings is 2. The lowest BCUT2D eigenvalue weighted by Gasteiger charge is -2.37. The monoisotopic (exact) mass is 457 g/mol. The van der Waals surface area contributed by atoms with E-state index >= 15 is 0 Å². The Morgan fingerprint density at radius 1 is 1.09 bits per heavy atom. The van der Waals surface area contributed by atoms with Crippen molar-refractivity contribution in [1.82, 2.24) is 15.1 Å². The van der Waals surface area contributed by atoms with E-state index in [2.05, 4.69) is 15.1 Å². The van der Waals surface area contributed by atoms with Gasteiger partial charge in [0.15, 0.2) is 0 Å². The van der Waals surface area contributed by atoms with Gasteiger partial charge in [0, 0.05) is 75.9 Å². The lowest BCUT2D eigenvalue weighted by molar-refractivity contribution is -0.134. The Balaban J connectivity index is 1.31. The third-order valence-electron chi connectivity index (χ3n) is 7.10. The molecule has 180 valence electrons. The van der Waals surface area contributed by atoms with Crippen LogP contribution in [-0.4, -0.2) is 86.5 Å². The molecule has 3 fully saturated rings. The van der Waals surface area contributed by atoms with Gasteiger partial charge in [0.2, 0.25) is 17.7 Å². The smallest absolute Gasteiger partial charge is 0.234 e. The highest BCUT2D eigenvalue weighted by atomic mass is 16.5. The van der Waals surface area contributed by atoms with Crippen LogP contribution >= 0.6 is 0 Å². The zero-order chi connectivity index (χ0) is 23.4. The van der Waals surface area contributed by atoms with Crippen LogP contribution in [0.1, 0.15) is 43.6 Å². The van der Waals surface area contributed by atoms with Crippen molar-refractivity contribution in [3.8, 4) is 5.75 Å². The number of benzene rings is 1. The zero-order valence-corrected chi connectivity index (χ0v) is 19.4. The summed E-state index contributed by atoms with van der Waals surface area (Å²) < 4.78 is 5.51. The van der Waals surface area contributed by atoms with Gasteiger partial charge in [-0.3, -0.25) is 24.6 Å². The van der Waals surface area contributed by atoms with Crippen molar-refractivity contribution in [3.05, 3.63) is 23.8 Å². The molecule has 1 aromatic carbocycles. The SMILES string of the molecule is COc1ccc(N2CCN(CCC(=O)N3CCC(N)CC3)CC2)cc1C1CCC(=O)NC1=O. The summed E-state index contributed by atoms with van der Waals surface area (Å²) in [5.74, 6) is 0.0448. The number of imide groups is 1. The molecule has 3 saturated heterocycles. The van der Waals surface area contributed by atoms with Gasteiger partial charge in [-0.15, -0.1) is 0 Å². The number of carbonyl (C=O) groups excluding carboxylic acids is 3. The number of methoxy groups -OCH3 is 1. The average molecular weight is 458 g/mol. The van der Waals surface area contributed by atoms with Crippen LogP contribution in [0.2, 0.25) is 0 Å². The number of hydrogen-bond acceptors (Lipinski definition) is 7. The van der Waals surface area contributed by atoms with Crippen molar-refractivity contribution in [3.63, 3.8) is 0 Å². The van der Waals surface area contributed by atoms with Crippen molar-refractivity contribution in [2.75, 3.05) is 57.8 Å². The van der Waals surface area contributed by atoms with Gasteiger partial charge in [-0.05, 0) is 37.5 Å². The number of likely N-dealkylation sites (tertiary alicyclic amines) is 1. The zero-order valence-electron chi connectivity index (χ0n) is 19.4. The Morgan fingerprint density at radius 3 is 2.48 bits per heavy atom. The molecule has 3 N–H and O–H groups in total. The van der Waals surface area contributed by atoms with E-state index in [1.165, 1.54) is 0 Å². The number of nitrogens with one attached hydrogen (secondary N) is 1. The molecule has 9 heteroatoms. The molecule has 1 atom stereocenters. The maximum absolute atomic E-state index is 12.5. The van der Waals surface area contributed by atoms with E-state index in [0.29, 0.717) is 25.0 Å². The minimum Gasteiger partial charge on any atom is -0.496 e. The van der Waals surface area contributed by atoms with Crippen LogP contribution < -0.4 is 20.7 Å². The summed E-state index contributed by atoms with van der Waals surface area (Å²) in [4.78, 5) is 43.1. The highest BCUT2D eigenvalue weighted by Gasteiger charge is 2.31. The Morgan fingerprint density at radius 2 is 1.82 bits per heavy atom. The molecule has 0 radical (unpaired) electrons. The molecular formula is C24H35N5O4. The van der Waals surface area contributed by atoms with Crippen molar-refractivity contribution in [2.24, 2.45) is 5.73 Å². The highest BCUT2D eigenvalue weighted by molar-refractivity contribution is 6.01. The first kappa shape index (κ1) is 23.5. The number of rotatable bonds is 6. The van der Waals surface area contributed by atoms with Gasteiger partial charge >= 0.3 is 0 Å². The third-order valence-corrected chi connectivity index (χ3v) is 7.10. The predicted octanol–water partition coefficient (Wildman–Crippen LogP) is 0.677. The fourth-order valence-corrected chi connectivity index (χ4v) is 4.97. The molecular weight excluding hydrogens is 422 g/mol. The van der Waals surface area contributed by atoms with E-state index in [-0.39, 0.29) is 29.7 Å². The molecule has 4 rings (SSSR count). The molecule has 3 amide bonds. The van der Waals surface area contributed by atoms with Crippen LogP contribution in [0.4, 0.5) is 5.69 Å². The Kier molecular flexibility index (Phi) is 7.49. The van der Waals surface area contributed by atoms with Crippen molar-refractivity contribution in [2.45, 2.75) is 44.1 Å². The number of ether oxygens (including phenoxy) is 1. The van der Waals surface area contributed by atoms with Crippen molar-refractivity contribution < 1.29 is 19.1 Å². The normalized spacial score (nSPS) is 22.9. The predicted molar refractivity (Wildman–Crippen MR) is 125 cm³/mol. The molecule has 9 nitrogen and oxygen atoms in total. The molecule has 0 aromatic heterocycles. The molecule has 0 bridgehead atoms. The lowest BCUT2D eigenvalue weighted by atomic mass is 9.89. The summed E-state index contributed by atoms with van der Waals surface area (Å²) in [5, 5.41) is 2.44. The molecule has 3 aliphatic rings. The Bertz CT molecular complexity index is 876. The van der Waals surface area contributed by atoms with Crippen LogP contribution in [0.3, 0.4) is 0 Å². The number of anilines is 1. The molecule has 33 heavy (non-hydrogen) atoms. The summed E-state index contributed by atoms with van der Waals surface area (Å²) in [6, 6.07) is 6.19. The minimum atomic E-state index is -0.380. The van der Waals surface area contributed by atoms with Gasteiger partial charge in [0.1, 0.15) is 5.75 Å². The second kappa shape index (κ2) is 10.5. The van der Waals surface area contributed by atoms with Crippen molar-refractivity contribution in [1.29, 1.82) is 0 Å². The number of amides is 3. The number of hydrogen-bond donors (Lipinski definition) is 2. The van der Waals surface area contributed by atoms with E-state index < -0.39 is 0 Å². The lowest BCUT2D eigenvalue weighted by Crippen LogP contribution is -2.48. The van der Waals surface area contributed by atoms with Crippen LogP contribution in [-0.2, 0) is 14.4 Å². The summed E-state index contributed by atoms with van der Waals surface area (Å²) in [5.41, 5.74) is 7.82. The van der Waals surface area contributed by atoms with E-state index in [0.717, 1.165) is 69.9 Å². The summed E-state index contributed by atoms with van der Waals surface area (Å²) in [6.45, 7) is 5.82. The minimum absolute atomic E-state index is 0.218. The largest absolute Gasteiger partial charge is 0.496 e. The molecule has 1 unspecified atom stereocenters. The van der Waals surface area contributed by atoms with Gasteiger partial charge in [-0.1, -0.05) is 0 Å². The number of nitrogens with two attached hydrogens (primary N) is 1. The van der Waals surface area contributed by atoms with Gasteiger partial charge in [-0.2, -0.15) is 0 Å². The van der Waals surface area contributed by atoms with Crippen LogP contribution in [0.5, 0.6) is 5.75 Å². The topological polar surface area (TPSA) is 108 Å². The van der Waals surface area contributed by atoms with Crippen LogP contribution in [0.25, 0.3) is 0 Å². The highest BCUT2D eigenvalue weighted by Crippen LogP contribution is 2.35. The summed E-state index contributed by atoms with van der Waals surface area (Å²) in [7, 11) is 1.60. The first-order valence-corrected chi connectivity index (χ1v) is 12.0. The van der Waals surface area contributed by atoms with Gasteiger partial charge < -0.3 is 20.3 Å². The van der Waals surface area contributed by atoms with Crippen LogP contribution in [0, 0.1) is 0 Å². The van der Waals surface area contributed by atoms with Gasteiger partial charge in [0.05, 0.1) is 13.0 Å². The molecule has 1 aromatic rings. The maximum atomic E-state index is 12.5. The fraction of sp³-hybridized carbons (Fsp3) is 0.625. The standard InChI is InChI=1S/C24H35N5O4/c1-33-21-4-2-18(16-20(21)19-3-5-22(30)26-24(19)32)28-14-12-27(13-15-28)9-8-23(31)29-10-6-17(25)7-11-29/h2,4,16-17,19H,3,5-15,25H2,1H3,(H,26,30,32). The Labute approximate surface area is 195 Å². The van der Waals surface area contributed by atoms with Gasteiger partial charge in [0.25, 0.3) is 0 Å². The Hall–Kier alpha value is -2.65. The van der Waals surface area contributed by atoms with Crippen molar-refractivity contribution >= 4 is 23.4 Å². The first-order chi connectivity index (χ1) is 15.9. The second-order valence-electron chi connectivity index (χ2n) is 9.23. The maximum Gasteiger partial charge on any atom is 0.234 e. The number of piperazine rings is 1. The molecule has 0 spiro atoms. The van der Waals surface area contributed by atoms with E-state index in [1.54, 1.807) is 7.11 Å². The summed E-state index contributed by atoms with van der Waals surface area (Å²) in [6.07, 6.45) is 3.18. The molecule has 3 heterocycles. The fourth-order valence-electron chi connectivity index (χ4n) is 4.97. The average Bonchev–Trinajstić information content (AvgIpc) is 2.83. The second-order valence-corrected chi connectivity index (χ2v) is 9.23. The van der Waals surface area contributed by atoms with E-state index in [4.69, 9.17) is 10.5 Å². The summed E-state index contributed by atoms with van der Waals surface area (Å²) >= 11 is 0.